The van der Waals surface area contributed by atoms with E-state index in [1.165, 1.54) is 18.2 Å². The highest BCUT2D eigenvalue weighted by Gasteiger charge is 2.52. The molecule has 192 valence electrons. The second kappa shape index (κ2) is 9.04. The van der Waals surface area contributed by atoms with Gasteiger partial charge in [0, 0.05) is 5.56 Å². The summed E-state index contributed by atoms with van der Waals surface area (Å²) in [7, 11) is 0. The Kier molecular flexibility index (Phi) is 6.64. The number of hydrogen-bond donors (Lipinski definition) is 0. The minimum absolute atomic E-state index is 0.0449. The third-order valence-electron chi connectivity index (χ3n) is 5.86. The van der Waals surface area contributed by atoms with E-state index in [4.69, 9.17) is 27.9 Å². The van der Waals surface area contributed by atoms with Gasteiger partial charge in [0.15, 0.2) is 11.6 Å². The molecule has 2 aliphatic rings. The quantitative estimate of drug-likeness (QED) is 0.188. The fraction of sp³-hybridized carbons (Fsp3) is 0.304. The van der Waals surface area contributed by atoms with Gasteiger partial charge in [-0.2, -0.15) is 26.3 Å². The second-order valence-corrected chi connectivity index (χ2v) is 9.18. The van der Waals surface area contributed by atoms with Gasteiger partial charge in [0.25, 0.3) is 0 Å². The predicted molar refractivity (Wildman–Crippen MR) is 115 cm³/mol. The Balaban J connectivity index is 1.57. The molecule has 1 fully saturated rings. The van der Waals surface area contributed by atoms with Gasteiger partial charge >= 0.3 is 12.4 Å². The summed E-state index contributed by atoms with van der Waals surface area (Å²) in [6.07, 6.45) is -10.9. The topological polar surface area (TPSA) is 46.6 Å². The van der Waals surface area contributed by atoms with Crippen molar-refractivity contribution in [3.8, 4) is 0 Å². The predicted octanol–water partition coefficient (Wildman–Crippen LogP) is 6.48. The lowest BCUT2D eigenvalue weighted by Gasteiger charge is -2.47. The molecular weight excluding hydrogens is 542 g/mol. The van der Waals surface area contributed by atoms with Crippen LogP contribution >= 0.6 is 23.2 Å². The Labute approximate surface area is 209 Å². The summed E-state index contributed by atoms with van der Waals surface area (Å²) >= 11 is 11.2. The average molecular weight is 556 g/mol. The van der Waals surface area contributed by atoms with Crippen LogP contribution in [0.5, 0.6) is 0 Å². The molecule has 0 aromatic heterocycles. The van der Waals surface area contributed by atoms with Crippen LogP contribution in [0, 0.1) is 5.82 Å². The molecular formula is C23H14Cl2F7NO3. The van der Waals surface area contributed by atoms with E-state index < -0.39 is 63.1 Å². The van der Waals surface area contributed by atoms with Crippen molar-refractivity contribution in [3.63, 3.8) is 0 Å². The van der Waals surface area contributed by atoms with Crippen LogP contribution in [0.4, 0.5) is 30.7 Å². The molecule has 0 unspecified atom stereocenters. The van der Waals surface area contributed by atoms with Gasteiger partial charge in [-0.05, 0) is 41.0 Å². The molecule has 2 aromatic carbocycles. The molecule has 1 saturated heterocycles. The molecule has 13 heteroatoms. The number of alkyl halides is 6. The average Bonchev–Trinajstić information content (AvgIpc) is 3.11. The molecule has 0 N–H and O–H groups in total. The summed E-state index contributed by atoms with van der Waals surface area (Å²) in [4.78, 5) is 25.5. The smallest absolute Gasteiger partial charge is 0.362 e. The molecule has 2 heterocycles. The molecule has 0 atom stereocenters. The van der Waals surface area contributed by atoms with Crippen molar-refractivity contribution in [2.75, 3.05) is 13.1 Å². The first-order valence-corrected chi connectivity index (χ1v) is 11.0. The van der Waals surface area contributed by atoms with Crippen molar-refractivity contribution >= 4 is 40.5 Å². The molecule has 0 aliphatic carbocycles. The maximum absolute atomic E-state index is 13.7. The minimum atomic E-state index is -5.00. The number of likely N-dealkylation sites (tertiary alicyclic amines) is 1. The van der Waals surface area contributed by atoms with Crippen LogP contribution in [0.2, 0.25) is 10.0 Å². The van der Waals surface area contributed by atoms with E-state index in [1.54, 1.807) is 0 Å². The molecule has 36 heavy (non-hydrogen) atoms. The Morgan fingerprint density at radius 1 is 1.00 bits per heavy atom. The normalized spacial score (nSPS) is 17.2. The van der Waals surface area contributed by atoms with Crippen molar-refractivity contribution in [1.29, 1.82) is 0 Å². The summed E-state index contributed by atoms with van der Waals surface area (Å²) in [6.45, 7) is -0.282. The van der Waals surface area contributed by atoms with Crippen molar-refractivity contribution in [1.82, 2.24) is 4.90 Å². The number of carbonyl (C=O) groups is 2. The van der Waals surface area contributed by atoms with Crippen LogP contribution < -0.4 is 0 Å². The Morgan fingerprint density at radius 2 is 1.61 bits per heavy atom. The molecule has 0 saturated carbocycles. The Hall–Kier alpha value is -2.63. The van der Waals surface area contributed by atoms with Gasteiger partial charge in [-0.25, -0.2) is 4.39 Å². The Bertz CT molecular complexity index is 1260. The fourth-order valence-electron chi connectivity index (χ4n) is 4.15. The third kappa shape index (κ3) is 5.09. The first-order valence-electron chi connectivity index (χ1n) is 10.2. The zero-order valence-corrected chi connectivity index (χ0v) is 19.4. The number of allylic oxidation sites excluding steroid dienone is 2. The van der Waals surface area contributed by atoms with Gasteiger partial charge in [0.05, 0.1) is 35.3 Å². The summed E-state index contributed by atoms with van der Waals surface area (Å²) < 4.78 is 97.8. The number of halogens is 9. The van der Waals surface area contributed by atoms with E-state index in [0.717, 1.165) is 4.90 Å². The number of rotatable bonds is 4. The molecule has 1 spiro atoms. The second-order valence-electron chi connectivity index (χ2n) is 8.37. The molecule has 2 aromatic rings. The minimum Gasteiger partial charge on any atom is -0.362 e. The first-order chi connectivity index (χ1) is 16.6. The highest BCUT2D eigenvalue weighted by atomic mass is 35.5. The maximum atomic E-state index is 13.7. The SMILES string of the molecule is O=C(/C=C(/c1cc(Cl)c(F)c(Cl)c1)C(F)(F)F)c1ccc2c(c1)COC21CN(C(=O)CC(F)(F)F)C1. The van der Waals surface area contributed by atoms with Crippen molar-refractivity contribution < 1.29 is 45.1 Å². The summed E-state index contributed by atoms with van der Waals surface area (Å²) in [5, 5.41) is -1.30. The number of ketones is 1. The van der Waals surface area contributed by atoms with Crippen LogP contribution in [0.25, 0.3) is 5.57 Å². The van der Waals surface area contributed by atoms with Gasteiger partial charge in [-0.15, -0.1) is 0 Å². The number of benzene rings is 2. The number of amides is 1. The van der Waals surface area contributed by atoms with Crippen LogP contribution in [-0.4, -0.2) is 42.0 Å². The van der Waals surface area contributed by atoms with E-state index >= 15 is 0 Å². The van der Waals surface area contributed by atoms with Gasteiger partial charge in [-0.1, -0.05) is 35.3 Å². The molecule has 0 bridgehead atoms. The molecule has 4 rings (SSSR count). The van der Waals surface area contributed by atoms with Crippen molar-refractivity contribution in [2.45, 2.75) is 31.0 Å². The number of nitrogens with zero attached hydrogens (tertiary/aromatic N) is 1. The van der Waals surface area contributed by atoms with E-state index in [9.17, 15) is 40.3 Å². The first kappa shape index (κ1) is 26.4. The summed E-state index contributed by atoms with van der Waals surface area (Å²) in [6, 6.07) is 5.43. The number of carbonyl (C=O) groups excluding carboxylic acids is 2. The van der Waals surface area contributed by atoms with Crippen LogP contribution in [0.3, 0.4) is 0 Å². The lowest BCUT2D eigenvalue weighted by atomic mass is 9.84. The monoisotopic (exact) mass is 555 g/mol. The van der Waals surface area contributed by atoms with E-state index in [-0.39, 0.29) is 25.3 Å². The molecule has 1 amide bonds. The maximum Gasteiger partial charge on any atom is 0.417 e. The number of fused-ring (bicyclic) bond motifs is 2. The highest BCUT2D eigenvalue weighted by Crippen LogP contribution is 2.44. The molecule has 4 nitrogen and oxygen atoms in total. The van der Waals surface area contributed by atoms with E-state index in [1.807, 2.05) is 0 Å². The largest absolute Gasteiger partial charge is 0.417 e. The van der Waals surface area contributed by atoms with Crippen LogP contribution in [0.1, 0.15) is 33.5 Å². The zero-order valence-electron chi connectivity index (χ0n) is 17.9. The van der Waals surface area contributed by atoms with Crippen LogP contribution in [0.15, 0.2) is 36.4 Å². The molecule has 2 aliphatic heterocycles. The van der Waals surface area contributed by atoms with Gasteiger partial charge in [-0.3, -0.25) is 9.59 Å². The summed E-state index contributed by atoms with van der Waals surface area (Å²) in [5.41, 5.74) is -2.14. The number of ether oxygens (including phenoxy) is 1. The van der Waals surface area contributed by atoms with E-state index in [2.05, 4.69) is 0 Å². The Morgan fingerprint density at radius 3 is 2.17 bits per heavy atom. The van der Waals surface area contributed by atoms with Gasteiger partial charge < -0.3 is 9.64 Å². The van der Waals surface area contributed by atoms with Crippen molar-refractivity contribution in [2.24, 2.45) is 0 Å². The lowest BCUT2D eigenvalue weighted by molar-refractivity contribution is -0.185. The third-order valence-corrected chi connectivity index (χ3v) is 6.41. The lowest BCUT2D eigenvalue weighted by Crippen LogP contribution is -2.61. The van der Waals surface area contributed by atoms with Crippen molar-refractivity contribution in [3.05, 3.63) is 74.5 Å². The highest BCUT2D eigenvalue weighted by molar-refractivity contribution is 6.35. The summed E-state index contributed by atoms with van der Waals surface area (Å²) in [5.74, 6) is -3.21. The van der Waals surface area contributed by atoms with E-state index in [0.29, 0.717) is 29.3 Å². The zero-order chi connectivity index (χ0) is 26.6. The number of hydrogen-bond acceptors (Lipinski definition) is 3. The standard InChI is InChI=1S/C23H14Cl2F7NO3/c24-16-4-12(5-17(25)20(16)26)15(23(30,31)32)6-18(34)11-1-2-14-13(3-11)8-36-21(14)9-33(10-21)19(35)7-22(27,28)29/h1-6H,7-10H2/b15-6-. The molecule has 0 radical (unpaired) electrons. The van der Waals surface area contributed by atoms with Crippen LogP contribution in [-0.2, 0) is 21.7 Å². The van der Waals surface area contributed by atoms with Gasteiger partial charge in [0.2, 0.25) is 5.91 Å². The fourth-order valence-corrected chi connectivity index (χ4v) is 4.64. The van der Waals surface area contributed by atoms with Gasteiger partial charge in [0.1, 0.15) is 12.0 Å².